The van der Waals surface area contributed by atoms with Gasteiger partial charge >= 0.3 is 5.97 Å². The fraction of sp³-hybridized carbons (Fsp3) is 0.364. The van der Waals surface area contributed by atoms with Crippen molar-refractivity contribution in [2.45, 2.75) is 18.9 Å². The molecule has 1 aromatic carbocycles. The minimum absolute atomic E-state index is 0.222. The first kappa shape index (κ1) is 13.2. The molecular weight excluding hydrogens is 262 g/mol. The molecule has 0 heterocycles. The van der Waals surface area contributed by atoms with E-state index in [2.05, 4.69) is 5.32 Å². The quantitative estimate of drug-likeness (QED) is 0.632. The molecule has 1 unspecified atom stereocenters. The van der Waals surface area contributed by atoms with Gasteiger partial charge in [-0.3, -0.25) is 10.1 Å². The van der Waals surface area contributed by atoms with E-state index in [1.807, 2.05) is 0 Å². The largest absolute Gasteiger partial charge is 0.480 e. The summed E-state index contributed by atoms with van der Waals surface area (Å²) in [6.45, 7) is 0. The van der Waals surface area contributed by atoms with Gasteiger partial charge in [-0.1, -0.05) is 0 Å². The zero-order chi connectivity index (χ0) is 14.2. The van der Waals surface area contributed by atoms with Gasteiger partial charge in [0.25, 0.3) is 5.69 Å². The second-order valence-electron chi connectivity index (χ2n) is 4.31. The van der Waals surface area contributed by atoms with E-state index in [4.69, 9.17) is 5.11 Å². The third-order valence-corrected chi connectivity index (χ3v) is 2.93. The number of carboxylic acid groups (broad SMARTS) is 1. The number of carboxylic acids is 1. The lowest BCUT2D eigenvalue weighted by Gasteiger charge is -2.15. The van der Waals surface area contributed by atoms with Crippen molar-refractivity contribution in [1.29, 1.82) is 0 Å². The highest BCUT2D eigenvalue weighted by molar-refractivity contribution is 5.80. The number of nitro groups is 1. The number of carbonyl (C=O) groups is 1. The van der Waals surface area contributed by atoms with Gasteiger partial charge in [0.2, 0.25) is 0 Å². The van der Waals surface area contributed by atoms with Crippen molar-refractivity contribution < 1.29 is 23.6 Å². The summed E-state index contributed by atoms with van der Waals surface area (Å²) in [5, 5.41) is 22.0. The van der Waals surface area contributed by atoms with Gasteiger partial charge in [0.1, 0.15) is 6.04 Å². The first-order valence-electron chi connectivity index (χ1n) is 5.53. The van der Waals surface area contributed by atoms with Crippen LogP contribution in [0.3, 0.4) is 0 Å². The number of nitro benzene ring substituents is 1. The Balaban J connectivity index is 2.39. The second kappa shape index (κ2) is 4.79. The molecule has 2 rings (SSSR count). The first-order chi connectivity index (χ1) is 8.91. The topological polar surface area (TPSA) is 92.5 Å². The molecule has 1 saturated carbocycles. The summed E-state index contributed by atoms with van der Waals surface area (Å²) in [7, 11) is 0. The van der Waals surface area contributed by atoms with Gasteiger partial charge in [0.05, 0.1) is 4.92 Å². The maximum atomic E-state index is 13.6. The average Bonchev–Trinajstić information content (AvgIpc) is 3.14. The highest BCUT2D eigenvalue weighted by atomic mass is 19.2. The summed E-state index contributed by atoms with van der Waals surface area (Å²) in [5.41, 5.74) is -1.41. The molecule has 19 heavy (non-hydrogen) atoms. The molecule has 6 nitrogen and oxygen atoms in total. The van der Waals surface area contributed by atoms with Crippen LogP contribution in [0, 0.1) is 27.7 Å². The third kappa shape index (κ3) is 2.61. The number of benzene rings is 1. The van der Waals surface area contributed by atoms with Crippen molar-refractivity contribution in [3.63, 3.8) is 0 Å². The predicted molar refractivity (Wildman–Crippen MR) is 60.8 cm³/mol. The molecule has 102 valence electrons. The van der Waals surface area contributed by atoms with E-state index in [1.54, 1.807) is 0 Å². The number of hydrogen-bond donors (Lipinski definition) is 2. The van der Waals surface area contributed by atoms with Crippen LogP contribution in [0.4, 0.5) is 20.2 Å². The molecule has 0 radical (unpaired) electrons. The molecule has 0 aromatic heterocycles. The second-order valence-corrected chi connectivity index (χ2v) is 4.31. The lowest BCUT2D eigenvalue weighted by Crippen LogP contribution is -2.32. The zero-order valence-electron chi connectivity index (χ0n) is 9.60. The van der Waals surface area contributed by atoms with E-state index in [0.29, 0.717) is 18.9 Å². The monoisotopic (exact) mass is 272 g/mol. The van der Waals surface area contributed by atoms with Crippen molar-refractivity contribution in [2.24, 2.45) is 5.92 Å². The number of nitrogens with one attached hydrogen (secondary N) is 1. The predicted octanol–water partition coefficient (Wildman–Crippen LogP) is 2.15. The molecule has 0 aliphatic heterocycles. The summed E-state index contributed by atoms with van der Waals surface area (Å²) in [6.07, 6.45) is 1.27. The van der Waals surface area contributed by atoms with Crippen LogP contribution in [0.25, 0.3) is 0 Å². The summed E-state index contributed by atoms with van der Waals surface area (Å²) in [6, 6.07) is 0.271. The fourth-order valence-corrected chi connectivity index (χ4v) is 1.80. The number of nitrogens with zero attached hydrogens (tertiary/aromatic N) is 1. The molecule has 2 N–H and O–H groups in total. The number of halogens is 2. The average molecular weight is 272 g/mol. The summed E-state index contributed by atoms with van der Waals surface area (Å²) in [5.74, 6) is -4.19. The van der Waals surface area contributed by atoms with Crippen LogP contribution in [0.1, 0.15) is 12.8 Å². The lowest BCUT2D eigenvalue weighted by molar-refractivity contribution is -0.384. The smallest absolute Gasteiger partial charge is 0.326 e. The Labute approximate surface area is 106 Å². The van der Waals surface area contributed by atoms with Crippen LogP contribution >= 0.6 is 0 Å². The minimum atomic E-state index is -1.44. The van der Waals surface area contributed by atoms with Crippen LogP contribution in [0.2, 0.25) is 0 Å². The summed E-state index contributed by atoms with van der Waals surface area (Å²) in [4.78, 5) is 20.9. The number of anilines is 1. The molecule has 0 amide bonds. The van der Waals surface area contributed by atoms with Crippen LogP contribution < -0.4 is 5.32 Å². The molecule has 0 bridgehead atoms. The van der Waals surface area contributed by atoms with Gasteiger partial charge in [0.15, 0.2) is 17.3 Å². The Morgan fingerprint density at radius 2 is 2.11 bits per heavy atom. The van der Waals surface area contributed by atoms with Gasteiger partial charge < -0.3 is 10.4 Å². The highest BCUT2D eigenvalue weighted by Gasteiger charge is 2.38. The van der Waals surface area contributed by atoms with Crippen molar-refractivity contribution in [3.05, 3.63) is 33.9 Å². The maximum Gasteiger partial charge on any atom is 0.326 e. The van der Waals surface area contributed by atoms with Gasteiger partial charge in [-0.05, 0) is 24.8 Å². The van der Waals surface area contributed by atoms with Gasteiger partial charge in [-0.2, -0.15) is 0 Å². The molecule has 8 heteroatoms. The van der Waals surface area contributed by atoms with Crippen LogP contribution in [0.15, 0.2) is 12.1 Å². The summed E-state index contributed by atoms with van der Waals surface area (Å²) < 4.78 is 26.7. The Kier molecular flexibility index (Phi) is 3.32. The standard InChI is InChI=1S/C11H10F2N2O4/c12-6-3-4-7(15(18)19)10(8(6)13)14-9(11(16)17)5-1-2-5/h3-5,9,14H,1-2H2,(H,16,17). The van der Waals surface area contributed by atoms with E-state index in [1.165, 1.54) is 0 Å². The SMILES string of the molecule is O=C(O)C(Nc1c([N+](=O)[O-])ccc(F)c1F)C1CC1. The normalized spacial score (nSPS) is 15.9. The molecule has 1 fully saturated rings. The highest BCUT2D eigenvalue weighted by Crippen LogP contribution is 2.37. The molecular formula is C11H10F2N2O4. The van der Waals surface area contributed by atoms with Gasteiger partial charge in [-0.15, -0.1) is 0 Å². The Hall–Kier alpha value is -2.25. The molecule has 1 aromatic rings. The van der Waals surface area contributed by atoms with Gasteiger partial charge in [0, 0.05) is 6.07 Å². The summed E-state index contributed by atoms with van der Waals surface area (Å²) >= 11 is 0. The van der Waals surface area contributed by atoms with E-state index in [0.717, 1.165) is 6.07 Å². The van der Waals surface area contributed by atoms with E-state index in [9.17, 15) is 23.7 Å². The fourth-order valence-electron chi connectivity index (χ4n) is 1.80. The van der Waals surface area contributed by atoms with Gasteiger partial charge in [-0.25, -0.2) is 13.6 Å². The van der Waals surface area contributed by atoms with Crippen LogP contribution in [-0.4, -0.2) is 22.0 Å². The van der Waals surface area contributed by atoms with Crippen LogP contribution in [0.5, 0.6) is 0 Å². The molecule has 1 aliphatic carbocycles. The van der Waals surface area contributed by atoms with Crippen molar-refractivity contribution >= 4 is 17.3 Å². The minimum Gasteiger partial charge on any atom is -0.480 e. The Morgan fingerprint density at radius 3 is 2.58 bits per heavy atom. The lowest BCUT2D eigenvalue weighted by atomic mass is 10.1. The van der Waals surface area contributed by atoms with E-state index < -0.39 is 39.9 Å². The van der Waals surface area contributed by atoms with E-state index >= 15 is 0 Å². The number of hydrogen-bond acceptors (Lipinski definition) is 4. The van der Waals surface area contributed by atoms with E-state index in [-0.39, 0.29) is 5.92 Å². The maximum absolute atomic E-state index is 13.6. The molecule has 0 saturated heterocycles. The van der Waals surface area contributed by atoms with Crippen LogP contribution in [-0.2, 0) is 4.79 Å². The Bertz CT molecular complexity index is 546. The molecule has 0 spiro atoms. The zero-order valence-corrected chi connectivity index (χ0v) is 9.60. The van der Waals surface area contributed by atoms with Crippen molar-refractivity contribution in [1.82, 2.24) is 0 Å². The molecule has 1 atom stereocenters. The molecule has 1 aliphatic rings. The number of aliphatic carboxylic acids is 1. The number of rotatable bonds is 5. The van der Waals surface area contributed by atoms with Crippen molar-refractivity contribution in [3.8, 4) is 0 Å². The van der Waals surface area contributed by atoms with Crippen molar-refractivity contribution in [2.75, 3.05) is 5.32 Å². The Morgan fingerprint density at radius 1 is 1.47 bits per heavy atom. The first-order valence-corrected chi connectivity index (χ1v) is 5.53. The third-order valence-electron chi connectivity index (χ3n) is 2.93.